The average Bonchev–Trinajstić information content (AvgIpc) is 3.93. The number of hydrogen-bond acceptors (Lipinski definition) is 5. The van der Waals surface area contributed by atoms with Crippen LogP contribution in [0.5, 0.6) is 0 Å². The first-order valence-corrected chi connectivity index (χ1v) is 18.4. The topological polar surface area (TPSA) is 69.9 Å². The van der Waals surface area contributed by atoms with Crippen LogP contribution in [0.25, 0.3) is 116 Å². The Kier molecular flexibility index (Phi) is 6.24. The Hall–Kier alpha value is -7.57. The summed E-state index contributed by atoms with van der Waals surface area (Å²) < 4.78 is 15.5. The molecule has 0 fully saturated rings. The molecule has 12 rings (SSSR count). The second kappa shape index (κ2) is 11.5. The molecule has 0 unspecified atom stereocenters. The maximum atomic E-state index is 6.86. The Labute approximate surface area is 313 Å². The molecule has 0 bridgehead atoms. The third-order valence-corrected chi connectivity index (χ3v) is 10.9. The minimum absolute atomic E-state index is 0.560. The monoisotopic (exact) mass is 704 g/mol. The van der Waals surface area contributed by atoms with Gasteiger partial charge < -0.3 is 13.4 Å². The van der Waals surface area contributed by atoms with Crippen molar-refractivity contribution in [2.45, 2.75) is 0 Å². The Morgan fingerprint density at radius 3 is 1.89 bits per heavy atom. The van der Waals surface area contributed by atoms with Crippen molar-refractivity contribution in [3.8, 4) is 39.9 Å². The van der Waals surface area contributed by atoms with E-state index in [1.54, 1.807) is 0 Å². The smallest absolute Gasteiger partial charge is 0.164 e. The molecule has 12 aromatic rings. The molecular formula is C49H28N4O2. The van der Waals surface area contributed by atoms with Gasteiger partial charge in [-0.3, -0.25) is 0 Å². The zero-order chi connectivity index (χ0) is 36.0. The van der Waals surface area contributed by atoms with Crippen molar-refractivity contribution in [1.29, 1.82) is 0 Å². The van der Waals surface area contributed by atoms with E-state index in [0.717, 1.165) is 77.3 Å². The minimum atomic E-state index is 0.560. The lowest BCUT2D eigenvalue weighted by molar-refractivity contribution is 0.666. The number of para-hydroxylation sites is 3. The lowest BCUT2D eigenvalue weighted by Crippen LogP contribution is -2.01. The summed E-state index contributed by atoms with van der Waals surface area (Å²) in [5.41, 5.74) is 8.98. The fourth-order valence-corrected chi connectivity index (χ4v) is 8.38. The molecule has 0 saturated carbocycles. The van der Waals surface area contributed by atoms with Gasteiger partial charge in [-0.25, -0.2) is 15.0 Å². The standard InChI is InChI=1S/C49H28N4O2/c1-2-13-30(14-3-1)47-50-48(31-22-24-34-33-16-7-10-20-41(33)54-43(34)28-31)52-49(51-47)37-25-27-40(46-45(37)36-18-8-11-21-42(36)55-46)53-38-19-9-6-17-35(38)44-32-15-5-4-12-29(32)23-26-39(44)53/h1-28H. The van der Waals surface area contributed by atoms with Crippen molar-refractivity contribution in [1.82, 2.24) is 19.5 Å². The number of rotatable bonds is 4. The summed E-state index contributed by atoms with van der Waals surface area (Å²) in [7, 11) is 0. The molecule has 0 amide bonds. The van der Waals surface area contributed by atoms with Gasteiger partial charge in [-0.15, -0.1) is 0 Å². The van der Waals surface area contributed by atoms with Crippen molar-refractivity contribution < 1.29 is 8.83 Å². The summed E-state index contributed by atoms with van der Waals surface area (Å²) in [4.78, 5) is 15.4. The Morgan fingerprint density at radius 2 is 1.04 bits per heavy atom. The van der Waals surface area contributed by atoms with Gasteiger partial charge in [-0.2, -0.15) is 0 Å². The van der Waals surface area contributed by atoms with E-state index in [4.69, 9.17) is 23.8 Å². The molecule has 0 aliphatic rings. The second-order valence-electron chi connectivity index (χ2n) is 13.9. The highest BCUT2D eigenvalue weighted by Gasteiger charge is 2.23. The van der Waals surface area contributed by atoms with E-state index in [0.29, 0.717) is 17.5 Å². The third-order valence-electron chi connectivity index (χ3n) is 10.9. The highest BCUT2D eigenvalue weighted by atomic mass is 16.3. The zero-order valence-electron chi connectivity index (χ0n) is 29.3. The molecule has 6 nitrogen and oxygen atoms in total. The Balaban J connectivity index is 1.14. The van der Waals surface area contributed by atoms with Crippen LogP contribution in [0.1, 0.15) is 0 Å². The first-order chi connectivity index (χ1) is 27.3. The van der Waals surface area contributed by atoms with Crippen LogP contribution in [0.4, 0.5) is 0 Å². The molecule has 256 valence electrons. The molecule has 6 heteroatoms. The molecule has 55 heavy (non-hydrogen) atoms. The number of hydrogen-bond donors (Lipinski definition) is 0. The first-order valence-electron chi connectivity index (χ1n) is 18.4. The average molecular weight is 705 g/mol. The lowest BCUT2D eigenvalue weighted by atomic mass is 10.0. The second-order valence-corrected chi connectivity index (χ2v) is 13.9. The molecule has 0 aliphatic carbocycles. The van der Waals surface area contributed by atoms with Crippen LogP contribution >= 0.6 is 0 Å². The summed E-state index contributed by atoms with van der Waals surface area (Å²) >= 11 is 0. The maximum Gasteiger partial charge on any atom is 0.164 e. The quantitative estimate of drug-likeness (QED) is 0.182. The highest BCUT2D eigenvalue weighted by molar-refractivity contribution is 6.22. The van der Waals surface area contributed by atoms with Gasteiger partial charge in [0.05, 0.1) is 16.7 Å². The molecule has 0 atom stereocenters. The van der Waals surface area contributed by atoms with Crippen LogP contribution in [0, 0.1) is 0 Å². The maximum absolute atomic E-state index is 6.86. The van der Waals surface area contributed by atoms with Crippen molar-refractivity contribution in [2.24, 2.45) is 0 Å². The van der Waals surface area contributed by atoms with Gasteiger partial charge in [0.2, 0.25) is 0 Å². The molecular weight excluding hydrogens is 677 g/mol. The van der Waals surface area contributed by atoms with E-state index < -0.39 is 0 Å². The number of benzene rings is 8. The van der Waals surface area contributed by atoms with Crippen molar-refractivity contribution >= 4 is 76.5 Å². The highest BCUT2D eigenvalue weighted by Crippen LogP contribution is 2.43. The third kappa shape index (κ3) is 4.46. The number of fused-ring (bicyclic) bond motifs is 11. The van der Waals surface area contributed by atoms with Gasteiger partial charge in [0.1, 0.15) is 16.7 Å². The number of nitrogens with zero attached hydrogens (tertiary/aromatic N) is 4. The van der Waals surface area contributed by atoms with Crippen LogP contribution in [0.15, 0.2) is 179 Å². The number of aromatic nitrogens is 4. The van der Waals surface area contributed by atoms with E-state index in [9.17, 15) is 0 Å². The van der Waals surface area contributed by atoms with Crippen LogP contribution in [-0.2, 0) is 0 Å². The number of furan rings is 2. The van der Waals surface area contributed by atoms with E-state index >= 15 is 0 Å². The van der Waals surface area contributed by atoms with Gasteiger partial charge in [-0.05, 0) is 59.3 Å². The van der Waals surface area contributed by atoms with E-state index in [2.05, 4.69) is 108 Å². The van der Waals surface area contributed by atoms with E-state index in [-0.39, 0.29) is 0 Å². The predicted molar refractivity (Wildman–Crippen MR) is 223 cm³/mol. The van der Waals surface area contributed by atoms with Crippen LogP contribution in [0.2, 0.25) is 0 Å². The van der Waals surface area contributed by atoms with Crippen molar-refractivity contribution in [3.63, 3.8) is 0 Å². The molecule has 8 aromatic carbocycles. The Morgan fingerprint density at radius 1 is 0.382 bits per heavy atom. The van der Waals surface area contributed by atoms with Crippen molar-refractivity contribution in [3.05, 3.63) is 170 Å². The fraction of sp³-hybridized carbons (Fsp3) is 0. The largest absolute Gasteiger partial charge is 0.456 e. The van der Waals surface area contributed by atoms with Gasteiger partial charge in [0.15, 0.2) is 23.1 Å². The summed E-state index contributed by atoms with van der Waals surface area (Å²) in [5, 5.41) is 8.92. The SMILES string of the molecule is c1ccc(-c2nc(-c3ccc4c(c3)oc3ccccc34)nc(-c3ccc(-n4c5ccccc5c5c6ccccc6ccc54)c4oc5ccccc5c34)n2)cc1. The molecule has 0 aliphatic heterocycles. The van der Waals surface area contributed by atoms with Gasteiger partial charge in [0.25, 0.3) is 0 Å². The summed E-state index contributed by atoms with van der Waals surface area (Å²) in [6.45, 7) is 0. The molecule has 0 spiro atoms. The molecule has 4 aromatic heterocycles. The van der Waals surface area contributed by atoms with Gasteiger partial charge in [-0.1, -0.05) is 121 Å². The van der Waals surface area contributed by atoms with E-state index in [1.165, 1.54) is 21.5 Å². The van der Waals surface area contributed by atoms with Crippen LogP contribution in [-0.4, -0.2) is 19.5 Å². The van der Waals surface area contributed by atoms with Gasteiger partial charge in [0, 0.05) is 49.0 Å². The van der Waals surface area contributed by atoms with Crippen LogP contribution in [0.3, 0.4) is 0 Å². The first kappa shape index (κ1) is 29.9. The van der Waals surface area contributed by atoms with Crippen molar-refractivity contribution in [2.75, 3.05) is 0 Å². The normalized spacial score (nSPS) is 12.0. The summed E-state index contributed by atoms with van der Waals surface area (Å²) in [5.74, 6) is 1.71. The molecule has 0 radical (unpaired) electrons. The van der Waals surface area contributed by atoms with Crippen LogP contribution < -0.4 is 0 Å². The van der Waals surface area contributed by atoms with Gasteiger partial charge >= 0.3 is 0 Å². The summed E-state index contributed by atoms with van der Waals surface area (Å²) in [6.07, 6.45) is 0. The summed E-state index contributed by atoms with van der Waals surface area (Å²) in [6, 6.07) is 58.5. The zero-order valence-corrected chi connectivity index (χ0v) is 29.3. The molecule has 4 heterocycles. The van der Waals surface area contributed by atoms with E-state index in [1.807, 2.05) is 66.7 Å². The molecule has 0 saturated heterocycles. The molecule has 0 N–H and O–H groups in total. The minimum Gasteiger partial charge on any atom is -0.456 e. The Bertz CT molecular complexity index is 3500. The lowest BCUT2D eigenvalue weighted by Gasteiger charge is -2.12. The predicted octanol–water partition coefficient (Wildman–Crippen LogP) is 12.9. The fourth-order valence-electron chi connectivity index (χ4n) is 8.38.